The molecule has 3 fully saturated rings. The molecule has 17 heavy (non-hydrogen) atoms. The lowest BCUT2D eigenvalue weighted by atomic mass is 9.85. The maximum Gasteiger partial charge on any atom is 0.115 e. The molecule has 3 aliphatic rings. The summed E-state index contributed by atoms with van der Waals surface area (Å²) in [5, 5.41) is 0. The summed E-state index contributed by atoms with van der Waals surface area (Å²) in [5.74, 6) is 0.942. The van der Waals surface area contributed by atoms with Gasteiger partial charge in [-0.25, -0.2) is 9.97 Å². The number of hydrogen-bond acceptors (Lipinski definition) is 4. The monoisotopic (exact) mass is 230 g/mol. The van der Waals surface area contributed by atoms with Crippen molar-refractivity contribution in [3.05, 3.63) is 18.7 Å². The van der Waals surface area contributed by atoms with Crippen molar-refractivity contribution in [2.45, 2.75) is 24.8 Å². The van der Waals surface area contributed by atoms with Gasteiger partial charge < -0.3 is 4.90 Å². The Morgan fingerprint density at radius 3 is 2.53 bits per heavy atom. The Morgan fingerprint density at radius 1 is 1.12 bits per heavy atom. The highest BCUT2D eigenvalue weighted by molar-refractivity contribution is 5.44. The first kappa shape index (κ1) is 9.83. The first-order valence-electron chi connectivity index (χ1n) is 6.63. The summed E-state index contributed by atoms with van der Waals surface area (Å²) >= 11 is 0. The SMILES string of the molecule is c1ncc(N2CCC3(C2)C2CCN3CC2)cn1. The molecule has 1 atom stereocenters. The predicted molar refractivity (Wildman–Crippen MR) is 65.9 cm³/mol. The van der Waals surface area contributed by atoms with Crippen molar-refractivity contribution in [1.29, 1.82) is 0 Å². The molecule has 4 rings (SSSR count). The van der Waals surface area contributed by atoms with Gasteiger partial charge in [0.1, 0.15) is 6.33 Å². The standard InChI is InChI=1S/C13H18N4/c1-4-17-5-2-11(1)13(17)3-6-16(9-13)12-7-14-10-15-8-12/h7-8,10-11H,1-6,9H2. The van der Waals surface area contributed by atoms with E-state index in [0.29, 0.717) is 5.54 Å². The van der Waals surface area contributed by atoms with E-state index in [2.05, 4.69) is 19.8 Å². The normalized spacial score (nSPS) is 39.4. The van der Waals surface area contributed by atoms with Crippen molar-refractivity contribution in [3.63, 3.8) is 0 Å². The molecule has 0 radical (unpaired) electrons. The van der Waals surface area contributed by atoms with Gasteiger partial charge in [0.05, 0.1) is 18.1 Å². The fraction of sp³-hybridized carbons (Fsp3) is 0.692. The van der Waals surface area contributed by atoms with Crippen LogP contribution in [0.25, 0.3) is 0 Å². The van der Waals surface area contributed by atoms with Crippen LogP contribution in [0.4, 0.5) is 5.69 Å². The average Bonchev–Trinajstić information content (AvgIpc) is 3.08. The third-order valence-corrected chi connectivity index (χ3v) is 5.08. The van der Waals surface area contributed by atoms with Gasteiger partial charge in [0, 0.05) is 18.6 Å². The summed E-state index contributed by atoms with van der Waals surface area (Å²) in [4.78, 5) is 13.5. The van der Waals surface area contributed by atoms with E-state index in [4.69, 9.17) is 0 Å². The quantitative estimate of drug-likeness (QED) is 0.724. The van der Waals surface area contributed by atoms with Gasteiger partial charge in [0.2, 0.25) is 0 Å². The third kappa shape index (κ3) is 1.27. The lowest BCUT2D eigenvalue weighted by Gasteiger charge is -2.32. The van der Waals surface area contributed by atoms with Crippen LogP contribution in [0, 0.1) is 5.92 Å². The van der Waals surface area contributed by atoms with Crippen molar-refractivity contribution in [3.8, 4) is 0 Å². The van der Waals surface area contributed by atoms with Gasteiger partial charge in [-0.2, -0.15) is 0 Å². The van der Waals surface area contributed by atoms with Crippen LogP contribution in [-0.2, 0) is 0 Å². The minimum atomic E-state index is 0.496. The molecule has 0 aliphatic carbocycles. The summed E-state index contributed by atoms with van der Waals surface area (Å²) in [6.07, 6.45) is 9.65. The Hall–Kier alpha value is -1.16. The molecule has 3 aliphatic heterocycles. The van der Waals surface area contributed by atoms with E-state index in [1.165, 1.54) is 51.1 Å². The minimum Gasteiger partial charge on any atom is -0.367 e. The molecule has 0 aromatic carbocycles. The molecule has 4 heteroatoms. The molecule has 0 saturated carbocycles. The fourth-order valence-corrected chi connectivity index (χ4v) is 4.20. The molecule has 90 valence electrons. The first-order chi connectivity index (χ1) is 8.38. The van der Waals surface area contributed by atoms with Gasteiger partial charge in [-0.15, -0.1) is 0 Å². The zero-order valence-corrected chi connectivity index (χ0v) is 10.0. The van der Waals surface area contributed by atoms with Crippen LogP contribution in [0.5, 0.6) is 0 Å². The van der Waals surface area contributed by atoms with Gasteiger partial charge in [-0.1, -0.05) is 0 Å². The smallest absolute Gasteiger partial charge is 0.115 e. The second-order valence-electron chi connectivity index (χ2n) is 5.63. The van der Waals surface area contributed by atoms with E-state index < -0.39 is 0 Å². The van der Waals surface area contributed by atoms with Gasteiger partial charge in [0.15, 0.2) is 0 Å². The average molecular weight is 230 g/mol. The lowest BCUT2D eigenvalue weighted by molar-refractivity contribution is 0.194. The molecular weight excluding hydrogens is 212 g/mol. The Morgan fingerprint density at radius 2 is 1.88 bits per heavy atom. The summed E-state index contributed by atoms with van der Waals surface area (Å²) in [6, 6.07) is 0. The summed E-state index contributed by atoms with van der Waals surface area (Å²) in [5.41, 5.74) is 1.69. The molecule has 1 unspecified atom stereocenters. The molecule has 0 N–H and O–H groups in total. The largest absolute Gasteiger partial charge is 0.367 e. The van der Waals surface area contributed by atoms with E-state index in [9.17, 15) is 0 Å². The summed E-state index contributed by atoms with van der Waals surface area (Å²) in [7, 11) is 0. The van der Waals surface area contributed by atoms with Crippen LogP contribution in [-0.4, -0.2) is 46.6 Å². The van der Waals surface area contributed by atoms with Crippen LogP contribution >= 0.6 is 0 Å². The summed E-state index contributed by atoms with van der Waals surface area (Å²) in [6.45, 7) is 5.00. The van der Waals surface area contributed by atoms with Gasteiger partial charge in [-0.3, -0.25) is 4.90 Å². The first-order valence-corrected chi connectivity index (χ1v) is 6.63. The zero-order valence-electron chi connectivity index (χ0n) is 10.0. The van der Waals surface area contributed by atoms with Crippen molar-refractivity contribution >= 4 is 5.69 Å². The molecule has 3 saturated heterocycles. The number of anilines is 1. The van der Waals surface area contributed by atoms with Crippen LogP contribution in [0.1, 0.15) is 19.3 Å². The number of rotatable bonds is 1. The van der Waals surface area contributed by atoms with Crippen LogP contribution in [0.2, 0.25) is 0 Å². The van der Waals surface area contributed by atoms with E-state index >= 15 is 0 Å². The fourth-order valence-electron chi connectivity index (χ4n) is 4.20. The molecular formula is C13H18N4. The Bertz CT molecular complexity index is 399. The van der Waals surface area contributed by atoms with Gasteiger partial charge in [-0.05, 0) is 38.3 Å². The van der Waals surface area contributed by atoms with Crippen molar-refractivity contribution in [1.82, 2.24) is 14.9 Å². The van der Waals surface area contributed by atoms with Crippen LogP contribution < -0.4 is 4.90 Å². The van der Waals surface area contributed by atoms with Crippen molar-refractivity contribution in [2.24, 2.45) is 5.92 Å². The molecule has 1 aromatic rings. The highest BCUT2D eigenvalue weighted by Crippen LogP contribution is 2.49. The molecule has 2 bridgehead atoms. The van der Waals surface area contributed by atoms with E-state index in [-0.39, 0.29) is 0 Å². The second-order valence-corrected chi connectivity index (χ2v) is 5.63. The van der Waals surface area contributed by atoms with Crippen molar-refractivity contribution in [2.75, 3.05) is 31.1 Å². The van der Waals surface area contributed by atoms with Crippen molar-refractivity contribution < 1.29 is 0 Å². The molecule has 4 heterocycles. The van der Waals surface area contributed by atoms with E-state index in [1.807, 2.05) is 12.4 Å². The topological polar surface area (TPSA) is 32.3 Å². The van der Waals surface area contributed by atoms with Crippen LogP contribution in [0.15, 0.2) is 18.7 Å². The highest BCUT2D eigenvalue weighted by Gasteiger charge is 2.55. The zero-order chi connectivity index (χ0) is 11.3. The number of hydrogen-bond donors (Lipinski definition) is 0. The molecule has 4 nitrogen and oxygen atoms in total. The van der Waals surface area contributed by atoms with Gasteiger partial charge in [0.25, 0.3) is 0 Å². The highest BCUT2D eigenvalue weighted by atomic mass is 15.3. The number of aromatic nitrogens is 2. The lowest BCUT2D eigenvalue weighted by Crippen LogP contribution is -2.44. The predicted octanol–water partition coefficient (Wildman–Crippen LogP) is 1.15. The van der Waals surface area contributed by atoms with E-state index in [0.717, 1.165) is 5.92 Å². The second kappa shape index (κ2) is 3.42. The Labute approximate surface area is 102 Å². The number of piperidine rings is 1. The van der Waals surface area contributed by atoms with Crippen LogP contribution in [0.3, 0.4) is 0 Å². The Balaban J connectivity index is 1.61. The number of nitrogens with zero attached hydrogens (tertiary/aromatic N) is 4. The third-order valence-electron chi connectivity index (χ3n) is 5.08. The Kier molecular flexibility index (Phi) is 1.98. The molecule has 0 amide bonds. The maximum absolute atomic E-state index is 4.13. The minimum absolute atomic E-state index is 0.496. The summed E-state index contributed by atoms with van der Waals surface area (Å²) < 4.78 is 0. The van der Waals surface area contributed by atoms with Gasteiger partial charge >= 0.3 is 0 Å². The maximum atomic E-state index is 4.13. The molecule has 1 aromatic heterocycles. The molecule has 1 spiro atoms. The van der Waals surface area contributed by atoms with E-state index in [1.54, 1.807) is 6.33 Å².